The van der Waals surface area contributed by atoms with Crippen molar-refractivity contribution in [3.05, 3.63) is 83.4 Å². The van der Waals surface area contributed by atoms with Crippen LogP contribution >= 0.6 is 11.6 Å². The van der Waals surface area contributed by atoms with Gasteiger partial charge in [-0.25, -0.2) is 19.4 Å². The molecule has 1 aliphatic rings. The van der Waals surface area contributed by atoms with Gasteiger partial charge < -0.3 is 25.2 Å². The lowest BCUT2D eigenvalue weighted by molar-refractivity contribution is 0.306. The quantitative estimate of drug-likeness (QED) is 0.276. The van der Waals surface area contributed by atoms with Gasteiger partial charge in [-0.2, -0.15) is 0 Å². The number of halogens is 2. The van der Waals surface area contributed by atoms with Gasteiger partial charge >= 0.3 is 0 Å². The Labute approximate surface area is 220 Å². The lowest BCUT2D eigenvalue weighted by Gasteiger charge is -2.13. The SMILES string of the molecule is CC.CO.Fc1cccc(COc2ccc(Nc3ncnc4ccc(NC5=NCCO5)cc34)cc2Cl)c1. The summed E-state index contributed by atoms with van der Waals surface area (Å²) >= 11 is 6.42. The summed E-state index contributed by atoms with van der Waals surface area (Å²) in [6.45, 7) is 5.44. The zero-order valence-corrected chi connectivity index (χ0v) is 21.6. The second-order valence-corrected chi connectivity index (χ2v) is 7.71. The molecule has 0 amide bonds. The highest BCUT2D eigenvalue weighted by molar-refractivity contribution is 6.32. The monoisotopic (exact) mass is 525 g/mol. The number of aliphatic hydroxyl groups excluding tert-OH is 1. The number of anilines is 3. The number of aliphatic imine (C=N–C) groups is 1. The van der Waals surface area contributed by atoms with Crippen LogP contribution in [0.4, 0.5) is 21.6 Å². The summed E-state index contributed by atoms with van der Waals surface area (Å²) in [7, 11) is 1.00. The third kappa shape index (κ3) is 7.52. The van der Waals surface area contributed by atoms with Gasteiger partial charge in [0.1, 0.15) is 36.9 Å². The van der Waals surface area contributed by atoms with E-state index >= 15 is 0 Å². The third-order valence-electron chi connectivity index (χ3n) is 4.95. The number of ether oxygens (including phenoxy) is 2. The number of aliphatic hydroxyl groups is 1. The van der Waals surface area contributed by atoms with E-state index in [4.69, 9.17) is 26.2 Å². The predicted octanol–water partition coefficient (Wildman–Crippen LogP) is 6.18. The van der Waals surface area contributed by atoms with Gasteiger partial charge in [-0.05, 0) is 54.1 Å². The van der Waals surface area contributed by atoms with Gasteiger partial charge in [0.25, 0.3) is 6.02 Å². The minimum atomic E-state index is -0.305. The lowest BCUT2D eigenvalue weighted by Crippen LogP contribution is -2.11. The molecular formula is C27H29ClFN5O3. The highest BCUT2D eigenvalue weighted by atomic mass is 35.5. The molecule has 1 aliphatic heterocycles. The van der Waals surface area contributed by atoms with E-state index in [2.05, 4.69) is 25.6 Å². The Hall–Kier alpha value is -3.95. The molecule has 1 aromatic heterocycles. The van der Waals surface area contributed by atoms with Crippen LogP contribution in [0.5, 0.6) is 5.75 Å². The van der Waals surface area contributed by atoms with Gasteiger partial charge in [0.05, 0.1) is 17.1 Å². The maximum Gasteiger partial charge on any atom is 0.289 e. The van der Waals surface area contributed by atoms with E-state index in [1.165, 1.54) is 18.5 Å². The van der Waals surface area contributed by atoms with Crippen LogP contribution < -0.4 is 15.4 Å². The fourth-order valence-corrected chi connectivity index (χ4v) is 3.62. The van der Waals surface area contributed by atoms with E-state index in [-0.39, 0.29) is 12.4 Å². The van der Waals surface area contributed by atoms with E-state index in [0.717, 1.165) is 35.0 Å². The molecule has 10 heteroatoms. The summed E-state index contributed by atoms with van der Waals surface area (Å²) in [5, 5.41) is 14.7. The van der Waals surface area contributed by atoms with Crippen molar-refractivity contribution < 1.29 is 19.0 Å². The van der Waals surface area contributed by atoms with Crippen molar-refractivity contribution in [2.75, 3.05) is 30.9 Å². The number of hydrogen-bond acceptors (Lipinski definition) is 8. The standard InChI is InChI=1S/C24H19ClFN5O2.C2H6.CH4O/c25-20-12-18(5-7-22(20)33-13-15-2-1-3-16(26)10-15)30-23-19-11-17(31-24-27-8-9-32-24)4-6-21(19)28-14-29-23;2*1-2/h1-7,10-12,14H,8-9,13H2,(H,27,31)(H,28,29,30);1-2H3;2H,1H3. The highest BCUT2D eigenvalue weighted by Crippen LogP contribution is 2.31. The maximum atomic E-state index is 13.4. The van der Waals surface area contributed by atoms with Crippen LogP contribution in [-0.4, -0.2) is 41.4 Å². The average molecular weight is 526 g/mol. The van der Waals surface area contributed by atoms with E-state index in [1.54, 1.807) is 24.3 Å². The first-order valence-electron chi connectivity index (χ1n) is 11.7. The van der Waals surface area contributed by atoms with Crippen LogP contribution in [0, 0.1) is 5.82 Å². The molecule has 37 heavy (non-hydrogen) atoms. The molecule has 3 N–H and O–H groups in total. The van der Waals surface area contributed by atoms with E-state index < -0.39 is 0 Å². The van der Waals surface area contributed by atoms with Crippen molar-refractivity contribution in [3.8, 4) is 5.75 Å². The van der Waals surface area contributed by atoms with Gasteiger partial charge in [-0.3, -0.25) is 0 Å². The summed E-state index contributed by atoms with van der Waals surface area (Å²) < 4.78 is 24.5. The van der Waals surface area contributed by atoms with E-state index in [1.807, 2.05) is 38.1 Å². The number of benzene rings is 3. The Bertz CT molecular complexity index is 1350. The zero-order valence-electron chi connectivity index (χ0n) is 20.8. The smallest absolute Gasteiger partial charge is 0.289 e. The predicted molar refractivity (Wildman–Crippen MR) is 146 cm³/mol. The molecule has 0 bridgehead atoms. The van der Waals surface area contributed by atoms with Gasteiger partial charge in [-0.15, -0.1) is 0 Å². The molecule has 3 aromatic carbocycles. The van der Waals surface area contributed by atoms with Gasteiger partial charge in [0.2, 0.25) is 0 Å². The third-order valence-corrected chi connectivity index (χ3v) is 5.25. The molecular weight excluding hydrogens is 497 g/mol. The first-order chi connectivity index (χ1) is 18.1. The van der Waals surface area contributed by atoms with Crippen LogP contribution in [-0.2, 0) is 11.3 Å². The summed E-state index contributed by atoms with van der Waals surface area (Å²) in [6, 6.07) is 17.8. The van der Waals surface area contributed by atoms with E-state index in [9.17, 15) is 4.39 Å². The fourth-order valence-electron chi connectivity index (χ4n) is 3.39. The zero-order chi connectivity index (χ0) is 26.6. The average Bonchev–Trinajstić information content (AvgIpc) is 3.44. The second kappa shape index (κ2) is 14.0. The van der Waals surface area contributed by atoms with Gasteiger partial charge in [-0.1, -0.05) is 37.6 Å². The molecule has 194 valence electrons. The second-order valence-electron chi connectivity index (χ2n) is 7.30. The number of hydrogen-bond donors (Lipinski definition) is 3. The molecule has 2 heterocycles. The Balaban J connectivity index is 0.000000907. The Morgan fingerprint density at radius 2 is 1.78 bits per heavy atom. The molecule has 0 spiro atoms. The van der Waals surface area contributed by atoms with E-state index in [0.29, 0.717) is 35.8 Å². The van der Waals surface area contributed by atoms with Crippen LogP contribution in [0.3, 0.4) is 0 Å². The first-order valence-corrected chi connectivity index (χ1v) is 12.1. The minimum Gasteiger partial charge on any atom is -0.487 e. The molecule has 8 nitrogen and oxygen atoms in total. The fraction of sp³-hybridized carbons (Fsp3) is 0.222. The van der Waals surface area contributed by atoms with Crippen molar-refractivity contribution in [1.82, 2.24) is 9.97 Å². The maximum absolute atomic E-state index is 13.4. The van der Waals surface area contributed by atoms with Crippen LogP contribution in [0.1, 0.15) is 19.4 Å². The molecule has 4 aromatic rings. The molecule has 0 saturated heterocycles. The Morgan fingerprint density at radius 3 is 2.51 bits per heavy atom. The molecule has 0 fully saturated rings. The van der Waals surface area contributed by atoms with Crippen molar-refractivity contribution in [2.24, 2.45) is 4.99 Å². The molecule has 5 rings (SSSR count). The summed E-state index contributed by atoms with van der Waals surface area (Å²) in [5.74, 6) is 0.825. The highest BCUT2D eigenvalue weighted by Gasteiger charge is 2.11. The van der Waals surface area contributed by atoms with Crippen molar-refractivity contribution in [3.63, 3.8) is 0 Å². The lowest BCUT2D eigenvalue weighted by atomic mass is 10.2. The van der Waals surface area contributed by atoms with Crippen molar-refractivity contribution in [1.29, 1.82) is 0 Å². The summed E-state index contributed by atoms with van der Waals surface area (Å²) in [6.07, 6.45) is 1.50. The molecule has 0 aliphatic carbocycles. The Kier molecular flexibility index (Phi) is 10.4. The number of aromatic nitrogens is 2. The Morgan fingerprint density at radius 1 is 1.00 bits per heavy atom. The topological polar surface area (TPSA) is 101 Å². The normalized spacial score (nSPS) is 11.8. The molecule has 0 atom stereocenters. The number of amidine groups is 1. The van der Waals surface area contributed by atoms with Crippen LogP contribution in [0.15, 0.2) is 72.0 Å². The molecule has 0 saturated carbocycles. The van der Waals surface area contributed by atoms with Crippen molar-refractivity contribution >= 4 is 45.7 Å². The number of rotatable bonds is 6. The molecule has 0 unspecified atom stereocenters. The summed E-state index contributed by atoms with van der Waals surface area (Å²) in [5.41, 5.74) is 3.06. The molecule has 0 radical (unpaired) electrons. The first kappa shape index (κ1) is 27.6. The van der Waals surface area contributed by atoms with Crippen LogP contribution in [0.25, 0.3) is 10.9 Å². The van der Waals surface area contributed by atoms with Crippen LogP contribution in [0.2, 0.25) is 5.02 Å². The largest absolute Gasteiger partial charge is 0.487 e. The number of nitrogens with zero attached hydrogens (tertiary/aromatic N) is 3. The number of fused-ring (bicyclic) bond motifs is 1. The minimum absolute atomic E-state index is 0.214. The number of nitrogens with one attached hydrogen (secondary N) is 2. The summed E-state index contributed by atoms with van der Waals surface area (Å²) in [4.78, 5) is 13.0. The van der Waals surface area contributed by atoms with Crippen molar-refractivity contribution in [2.45, 2.75) is 20.5 Å². The van der Waals surface area contributed by atoms with Gasteiger partial charge in [0, 0.05) is 23.9 Å². The van der Waals surface area contributed by atoms with Gasteiger partial charge in [0.15, 0.2) is 0 Å².